The van der Waals surface area contributed by atoms with Crippen molar-refractivity contribution < 1.29 is 4.57 Å². The Morgan fingerprint density at radius 1 is 1.56 bits per heavy atom. The molecule has 0 aliphatic heterocycles. The van der Waals surface area contributed by atoms with Crippen LogP contribution in [0.2, 0.25) is 0 Å². The Balaban J connectivity index is 3.01. The van der Waals surface area contributed by atoms with Gasteiger partial charge in [-0.3, -0.25) is 0 Å². The van der Waals surface area contributed by atoms with Crippen LogP contribution in [-0.4, -0.2) is 0 Å². The molecule has 0 aliphatic carbocycles. The molecule has 9 heavy (non-hydrogen) atoms. The lowest BCUT2D eigenvalue weighted by atomic mass is 10.4. The minimum Gasteiger partial charge on any atom is -0.194 e. The molecular weight excluding hydrogens is 225 g/mol. The van der Waals surface area contributed by atoms with E-state index in [1.165, 1.54) is 5.69 Å². The first-order valence-corrected chi connectivity index (χ1v) is 4.38. The van der Waals surface area contributed by atoms with Gasteiger partial charge in [0, 0.05) is 19.1 Å². The normalized spacial score (nSPS) is 9.56. The smallest absolute Gasteiger partial charge is 0.194 e. The van der Waals surface area contributed by atoms with E-state index in [9.17, 15) is 0 Å². The Morgan fingerprint density at radius 2 is 2.33 bits per heavy atom. The van der Waals surface area contributed by atoms with Crippen LogP contribution in [0.5, 0.6) is 0 Å². The van der Waals surface area contributed by atoms with Crippen molar-refractivity contribution in [2.24, 2.45) is 0 Å². The Hall–Kier alpha value is -0.120. The molecule has 0 bridgehead atoms. The highest BCUT2D eigenvalue weighted by molar-refractivity contribution is 14.1. The zero-order chi connectivity index (χ0) is 6.69. The molecule has 0 unspecified atom stereocenters. The number of halogens is 1. The van der Waals surface area contributed by atoms with Crippen LogP contribution in [0, 0.1) is 6.92 Å². The van der Waals surface area contributed by atoms with Crippen molar-refractivity contribution in [3.63, 3.8) is 0 Å². The standard InChI is InChI=1S/C7H9IN/c1-7-4-2-3-5-9(7)6-8/h2-5H,6H2,1H3/q+1. The van der Waals surface area contributed by atoms with E-state index < -0.39 is 0 Å². The van der Waals surface area contributed by atoms with Crippen molar-refractivity contribution in [2.75, 3.05) is 0 Å². The highest BCUT2D eigenvalue weighted by Crippen LogP contribution is 1.89. The van der Waals surface area contributed by atoms with Crippen molar-refractivity contribution in [2.45, 2.75) is 11.5 Å². The van der Waals surface area contributed by atoms with Gasteiger partial charge in [0.15, 0.2) is 16.4 Å². The molecule has 1 heterocycles. The molecule has 0 saturated carbocycles. The minimum absolute atomic E-state index is 1.03. The highest BCUT2D eigenvalue weighted by Gasteiger charge is 1.97. The van der Waals surface area contributed by atoms with Gasteiger partial charge in [-0.25, -0.2) is 0 Å². The lowest BCUT2D eigenvalue weighted by Gasteiger charge is -1.91. The third kappa shape index (κ3) is 1.64. The van der Waals surface area contributed by atoms with E-state index in [0.717, 1.165) is 4.55 Å². The van der Waals surface area contributed by atoms with Gasteiger partial charge in [-0.05, 0) is 22.6 Å². The molecule has 0 spiro atoms. The quantitative estimate of drug-likeness (QED) is 0.395. The summed E-state index contributed by atoms with van der Waals surface area (Å²) in [5.41, 5.74) is 1.31. The van der Waals surface area contributed by atoms with Gasteiger partial charge < -0.3 is 0 Å². The maximum Gasteiger partial charge on any atom is 0.198 e. The van der Waals surface area contributed by atoms with Gasteiger partial charge in [-0.2, -0.15) is 4.57 Å². The van der Waals surface area contributed by atoms with Gasteiger partial charge in [0.2, 0.25) is 0 Å². The molecule has 0 fully saturated rings. The molecular formula is C7H9IN+. The van der Waals surface area contributed by atoms with Crippen LogP contribution in [0.15, 0.2) is 24.4 Å². The first kappa shape index (κ1) is 6.99. The van der Waals surface area contributed by atoms with E-state index in [2.05, 4.69) is 52.4 Å². The number of hydrogen-bond acceptors (Lipinski definition) is 0. The van der Waals surface area contributed by atoms with E-state index >= 15 is 0 Å². The largest absolute Gasteiger partial charge is 0.198 e. The Kier molecular flexibility index (Phi) is 2.45. The summed E-state index contributed by atoms with van der Waals surface area (Å²) in [4.78, 5) is 0. The number of rotatable bonds is 1. The summed E-state index contributed by atoms with van der Waals surface area (Å²) < 4.78 is 3.23. The second kappa shape index (κ2) is 3.15. The molecule has 0 atom stereocenters. The number of hydrogen-bond donors (Lipinski definition) is 0. The van der Waals surface area contributed by atoms with Gasteiger partial charge in [0.25, 0.3) is 0 Å². The van der Waals surface area contributed by atoms with E-state index in [0.29, 0.717) is 0 Å². The zero-order valence-electron chi connectivity index (χ0n) is 5.34. The predicted octanol–water partition coefficient (Wildman–Crippen LogP) is 1.68. The maximum absolute atomic E-state index is 2.34. The monoisotopic (exact) mass is 234 g/mol. The molecule has 1 aromatic heterocycles. The predicted molar refractivity (Wildman–Crippen MR) is 45.4 cm³/mol. The van der Waals surface area contributed by atoms with Crippen LogP contribution in [-0.2, 0) is 4.55 Å². The summed E-state index contributed by atoms with van der Waals surface area (Å²) in [6, 6.07) is 6.21. The van der Waals surface area contributed by atoms with Crippen LogP contribution < -0.4 is 4.57 Å². The summed E-state index contributed by atoms with van der Waals surface area (Å²) in [5.74, 6) is 0. The maximum atomic E-state index is 2.34. The van der Waals surface area contributed by atoms with Crippen LogP contribution in [0.1, 0.15) is 5.69 Å². The summed E-state index contributed by atoms with van der Waals surface area (Å²) in [5, 5.41) is 0. The molecule has 1 aromatic rings. The summed E-state index contributed by atoms with van der Waals surface area (Å²) in [6.45, 7) is 2.11. The van der Waals surface area contributed by atoms with Gasteiger partial charge >= 0.3 is 0 Å². The molecule has 0 N–H and O–H groups in total. The van der Waals surface area contributed by atoms with Crippen LogP contribution in [0.25, 0.3) is 0 Å². The Morgan fingerprint density at radius 3 is 2.78 bits per heavy atom. The van der Waals surface area contributed by atoms with Crippen molar-refractivity contribution in [3.05, 3.63) is 30.1 Å². The lowest BCUT2D eigenvalue weighted by Crippen LogP contribution is -2.33. The lowest BCUT2D eigenvalue weighted by molar-refractivity contribution is -0.677. The topological polar surface area (TPSA) is 3.88 Å². The van der Waals surface area contributed by atoms with Crippen LogP contribution >= 0.6 is 22.6 Å². The van der Waals surface area contributed by atoms with E-state index in [4.69, 9.17) is 0 Å². The average Bonchev–Trinajstić information content (AvgIpc) is 1.89. The van der Waals surface area contributed by atoms with Gasteiger partial charge in [0.1, 0.15) is 0 Å². The number of nitrogens with zero attached hydrogens (tertiary/aromatic N) is 1. The summed E-state index contributed by atoms with van der Waals surface area (Å²) >= 11 is 2.34. The van der Waals surface area contributed by atoms with Gasteiger partial charge in [-0.15, -0.1) is 0 Å². The minimum atomic E-state index is 1.03. The average molecular weight is 234 g/mol. The molecule has 0 radical (unpaired) electrons. The summed E-state index contributed by atoms with van der Waals surface area (Å²) in [6.07, 6.45) is 2.09. The summed E-state index contributed by atoms with van der Waals surface area (Å²) in [7, 11) is 0. The Labute approximate surface area is 68.9 Å². The number of alkyl halides is 1. The second-order valence-electron chi connectivity index (χ2n) is 1.93. The first-order chi connectivity index (χ1) is 4.34. The van der Waals surface area contributed by atoms with E-state index in [-0.39, 0.29) is 0 Å². The molecule has 0 saturated heterocycles. The van der Waals surface area contributed by atoms with Gasteiger partial charge in [-0.1, -0.05) is 6.07 Å². The Bertz CT molecular complexity index is 198. The molecule has 1 nitrogen and oxygen atoms in total. The molecule has 0 amide bonds. The molecule has 0 aliphatic rings. The van der Waals surface area contributed by atoms with Crippen LogP contribution in [0.3, 0.4) is 0 Å². The third-order valence-corrected chi connectivity index (χ3v) is 2.03. The molecule has 48 valence electrons. The molecule has 1 rings (SSSR count). The zero-order valence-corrected chi connectivity index (χ0v) is 7.50. The van der Waals surface area contributed by atoms with Crippen LogP contribution in [0.4, 0.5) is 0 Å². The highest BCUT2D eigenvalue weighted by atomic mass is 127. The van der Waals surface area contributed by atoms with Gasteiger partial charge in [0.05, 0.1) is 0 Å². The molecule has 0 aromatic carbocycles. The SMILES string of the molecule is Cc1cccc[n+]1CI. The van der Waals surface area contributed by atoms with E-state index in [1.807, 2.05) is 6.07 Å². The number of aromatic nitrogens is 1. The van der Waals surface area contributed by atoms with Crippen molar-refractivity contribution in [1.82, 2.24) is 0 Å². The first-order valence-electron chi connectivity index (χ1n) is 2.85. The fourth-order valence-corrected chi connectivity index (χ4v) is 1.46. The van der Waals surface area contributed by atoms with Crippen molar-refractivity contribution in [1.29, 1.82) is 0 Å². The number of aryl methyl sites for hydroxylation is 1. The fourth-order valence-electron chi connectivity index (χ4n) is 0.696. The second-order valence-corrected chi connectivity index (χ2v) is 2.61. The van der Waals surface area contributed by atoms with Crippen molar-refractivity contribution in [3.8, 4) is 0 Å². The fraction of sp³-hybridized carbons (Fsp3) is 0.286. The number of pyridine rings is 1. The van der Waals surface area contributed by atoms with Crippen molar-refractivity contribution >= 4 is 22.6 Å². The third-order valence-electron chi connectivity index (χ3n) is 1.30. The van der Waals surface area contributed by atoms with E-state index in [1.54, 1.807) is 0 Å². The molecule has 2 heteroatoms.